The molecule has 0 bridgehead atoms. The smallest absolute Gasteiger partial charge is 0.337 e. The predicted molar refractivity (Wildman–Crippen MR) is 79.1 cm³/mol. The molecule has 0 aliphatic heterocycles. The van der Waals surface area contributed by atoms with Crippen molar-refractivity contribution in [3.63, 3.8) is 0 Å². The van der Waals surface area contributed by atoms with Crippen LogP contribution in [-0.2, 0) is 0 Å². The molecule has 1 aromatic carbocycles. The molecular formula is C14H18N2O2S. The number of aryl methyl sites for hydroxylation is 1. The van der Waals surface area contributed by atoms with Crippen LogP contribution in [0.4, 0.5) is 0 Å². The molecule has 0 aliphatic rings. The van der Waals surface area contributed by atoms with Gasteiger partial charge in [-0.15, -0.1) is 0 Å². The van der Waals surface area contributed by atoms with Crippen LogP contribution in [0.25, 0.3) is 11.0 Å². The maximum absolute atomic E-state index is 11.4. The van der Waals surface area contributed by atoms with Crippen LogP contribution in [0.15, 0.2) is 18.2 Å². The van der Waals surface area contributed by atoms with Gasteiger partial charge in [-0.25, -0.2) is 9.78 Å². The molecule has 2 rings (SSSR count). The van der Waals surface area contributed by atoms with Gasteiger partial charge in [-0.05, 0) is 31.7 Å². The standard InChI is InChI=1S/C14H18N2O2S/c1-4-19-8-9(2)16-10(3)15-12-7-5-6-11(13(12)16)14(17)18/h5-7,9H,4,8H2,1-3H3,(H,17,18). The number of imidazole rings is 1. The molecule has 0 aliphatic carbocycles. The molecule has 1 atom stereocenters. The highest BCUT2D eigenvalue weighted by atomic mass is 32.2. The minimum Gasteiger partial charge on any atom is -0.478 e. The van der Waals surface area contributed by atoms with E-state index in [1.807, 2.05) is 29.3 Å². The third-order valence-corrected chi connectivity index (χ3v) is 4.25. The fraction of sp³-hybridized carbons (Fsp3) is 0.429. The van der Waals surface area contributed by atoms with E-state index >= 15 is 0 Å². The molecule has 0 fully saturated rings. The molecule has 4 nitrogen and oxygen atoms in total. The van der Waals surface area contributed by atoms with E-state index in [0.717, 1.165) is 28.4 Å². The summed E-state index contributed by atoms with van der Waals surface area (Å²) in [4.78, 5) is 15.8. The minimum atomic E-state index is -0.901. The molecule has 102 valence electrons. The summed E-state index contributed by atoms with van der Waals surface area (Å²) < 4.78 is 2.04. The van der Waals surface area contributed by atoms with Crippen molar-refractivity contribution in [3.8, 4) is 0 Å². The van der Waals surface area contributed by atoms with Gasteiger partial charge in [-0.2, -0.15) is 11.8 Å². The van der Waals surface area contributed by atoms with Crippen LogP contribution in [-0.4, -0.2) is 32.1 Å². The maximum atomic E-state index is 11.4. The lowest BCUT2D eigenvalue weighted by Gasteiger charge is -2.16. The largest absolute Gasteiger partial charge is 0.478 e. The van der Waals surface area contributed by atoms with Crippen LogP contribution in [0.3, 0.4) is 0 Å². The number of aromatic nitrogens is 2. The van der Waals surface area contributed by atoms with Gasteiger partial charge in [0.15, 0.2) is 0 Å². The van der Waals surface area contributed by atoms with Gasteiger partial charge in [0.2, 0.25) is 0 Å². The molecule has 2 aromatic rings. The van der Waals surface area contributed by atoms with Crippen LogP contribution < -0.4 is 0 Å². The van der Waals surface area contributed by atoms with E-state index in [9.17, 15) is 9.90 Å². The van der Waals surface area contributed by atoms with E-state index in [2.05, 4.69) is 18.8 Å². The number of carboxylic acid groups (broad SMARTS) is 1. The Bertz CT molecular complexity index is 607. The first-order chi connectivity index (χ1) is 9.06. The number of benzene rings is 1. The Labute approximate surface area is 116 Å². The average Bonchev–Trinajstić information content (AvgIpc) is 2.71. The Kier molecular flexibility index (Phi) is 4.14. The van der Waals surface area contributed by atoms with Crippen molar-refractivity contribution in [1.82, 2.24) is 9.55 Å². The van der Waals surface area contributed by atoms with Gasteiger partial charge < -0.3 is 9.67 Å². The monoisotopic (exact) mass is 278 g/mol. The number of carbonyl (C=O) groups is 1. The Hall–Kier alpha value is -1.49. The number of fused-ring (bicyclic) bond motifs is 1. The van der Waals surface area contributed by atoms with Crippen LogP contribution in [0, 0.1) is 6.92 Å². The van der Waals surface area contributed by atoms with Gasteiger partial charge in [-0.3, -0.25) is 0 Å². The third kappa shape index (κ3) is 2.61. The summed E-state index contributed by atoms with van der Waals surface area (Å²) in [6.45, 7) is 6.16. The lowest BCUT2D eigenvalue weighted by atomic mass is 10.1. The molecular weight excluding hydrogens is 260 g/mol. The average molecular weight is 278 g/mol. The molecule has 0 spiro atoms. The van der Waals surface area contributed by atoms with Crippen LogP contribution in [0.2, 0.25) is 0 Å². The Balaban J connectivity index is 2.59. The first kappa shape index (κ1) is 13.9. The summed E-state index contributed by atoms with van der Waals surface area (Å²) in [5.74, 6) is 1.98. The molecule has 19 heavy (non-hydrogen) atoms. The van der Waals surface area contributed by atoms with Crippen LogP contribution >= 0.6 is 11.8 Å². The Morgan fingerprint density at radius 3 is 2.89 bits per heavy atom. The number of nitrogens with zero attached hydrogens (tertiary/aromatic N) is 2. The van der Waals surface area contributed by atoms with E-state index in [0.29, 0.717) is 5.56 Å². The number of carboxylic acids is 1. The van der Waals surface area contributed by atoms with Crippen molar-refractivity contribution < 1.29 is 9.90 Å². The highest BCUT2D eigenvalue weighted by Crippen LogP contribution is 2.26. The summed E-state index contributed by atoms with van der Waals surface area (Å²) in [6, 6.07) is 5.48. The van der Waals surface area contributed by atoms with E-state index in [1.54, 1.807) is 12.1 Å². The zero-order valence-electron chi connectivity index (χ0n) is 11.4. The normalized spacial score (nSPS) is 12.8. The summed E-state index contributed by atoms with van der Waals surface area (Å²) in [5, 5.41) is 9.33. The lowest BCUT2D eigenvalue weighted by Crippen LogP contribution is -2.12. The highest BCUT2D eigenvalue weighted by Gasteiger charge is 2.18. The molecule has 0 radical (unpaired) electrons. The molecule has 0 saturated heterocycles. The number of thioether (sulfide) groups is 1. The molecule has 1 aromatic heterocycles. The highest BCUT2D eigenvalue weighted by molar-refractivity contribution is 7.99. The summed E-state index contributed by atoms with van der Waals surface area (Å²) in [7, 11) is 0. The maximum Gasteiger partial charge on any atom is 0.337 e. The van der Waals surface area contributed by atoms with E-state index in [1.165, 1.54) is 0 Å². The molecule has 0 saturated carbocycles. The van der Waals surface area contributed by atoms with E-state index in [-0.39, 0.29) is 6.04 Å². The number of para-hydroxylation sites is 1. The molecule has 1 unspecified atom stereocenters. The van der Waals surface area contributed by atoms with Crippen LogP contribution in [0.5, 0.6) is 0 Å². The molecule has 0 amide bonds. The van der Waals surface area contributed by atoms with E-state index in [4.69, 9.17) is 0 Å². The fourth-order valence-electron chi connectivity index (χ4n) is 2.34. The fourth-order valence-corrected chi connectivity index (χ4v) is 3.07. The second kappa shape index (κ2) is 5.65. The SMILES string of the molecule is CCSCC(C)n1c(C)nc2cccc(C(=O)O)c21. The second-order valence-corrected chi connectivity index (χ2v) is 5.83. The number of hydrogen-bond acceptors (Lipinski definition) is 3. The third-order valence-electron chi connectivity index (χ3n) is 3.12. The van der Waals surface area contributed by atoms with Gasteiger partial charge in [0.1, 0.15) is 5.82 Å². The van der Waals surface area contributed by atoms with Gasteiger partial charge in [0.05, 0.1) is 16.6 Å². The first-order valence-electron chi connectivity index (χ1n) is 6.34. The molecule has 5 heteroatoms. The number of aromatic carboxylic acids is 1. The topological polar surface area (TPSA) is 55.1 Å². The Morgan fingerprint density at radius 2 is 2.26 bits per heavy atom. The number of hydrogen-bond donors (Lipinski definition) is 1. The predicted octanol–water partition coefficient (Wildman–Crippen LogP) is 3.36. The van der Waals surface area contributed by atoms with Crippen molar-refractivity contribution in [2.24, 2.45) is 0 Å². The van der Waals surface area contributed by atoms with Crippen molar-refractivity contribution in [2.75, 3.05) is 11.5 Å². The van der Waals surface area contributed by atoms with Gasteiger partial charge in [0.25, 0.3) is 0 Å². The Morgan fingerprint density at radius 1 is 1.53 bits per heavy atom. The van der Waals surface area contributed by atoms with Gasteiger partial charge in [0, 0.05) is 11.8 Å². The van der Waals surface area contributed by atoms with Crippen molar-refractivity contribution >= 4 is 28.8 Å². The van der Waals surface area contributed by atoms with E-state index < -0.39 is 5.97 Å². The van der Waals surface area contributed by atoms with Crippen molar-refractivity contribution in [3.05, 3.63) is 29.6 Å². The summed E-state index contributed by atoms with van der Waals surface area (Å²) in [6.07, 6.45) is 0. The summed E-state index contributed by atoms with van der Waals surface area (Å²) >= 11 is 1.85. The molecule has 1 heterocycles. The van der Waals surface area contributed by atoms with Crippen molar-refractivity contribution in [2.45, 2.75) is 26.8 Å². The zero-order chi connectivity index (χ0) is 14.0. The van der Waals surface area contributed by atoms with Gasteiger partial charge >= 0.3 is 5.97 Å². The number of rotatable bonds is 5. The quantitative estimate of drug-likeness (QED) is 0.911. The van der Waals surface area contributed by atoms with Gasteiger partial charge in [-0.1, -0.05) is 13.0 Å². The zero-order valence-corrected chi connectivity index (χ0v) is 12.2. The lowest BCUT2D eigenvalue weighted by molar-refractivity contribution is 0.0698. The minimum absolute atomic E-state index is 0.232. The second-order valence-electron chi connectivity index (χ2n) is 4.52. The summed E-state index contributed by atoms with van der Waals surface area (Å²) in [5.41, 5.74) is 1.81. The molecule has 1 N–H and O–H groups in total. The first-order valence-corrected chi connectivity index (χ1v) is 7.50. The van der Waals surface area contributed by atoms with Crippen molar-refractivity contribution in [1.29, 1.82) is 0 Å². The van der Waals surface area contributed by atoms with Crippen LogP contribution in [0.1, 0.15) is 36.1 Å².